The van der Waals surface area contributed by atoms with Crippen LogP contribution in [0.5, 0.6) is 0 Å². The highest BCUT2D eigenvalue weighted by Crippen LogP contribution is 2.08. The summed E-state index contributed by atoms with van der Waals surface area (Å²) in [5.41, 5.74) is 0. The minimum absolute atomic E-state index is 0.182. The summed E-state index contributed by atoms with van der Waals surface area (Å²) in [5, 5.41) is 0. The second-order valence-corrected chi connectivity index (χ2v) is 4.46. The monoisotopic (exact) mass is 373 g/mol. The third-order valence-corrected chi connectivity index (χ3v) is 2.91. The fraction of sp³-hybridized carbons (Fsp3) is 0.909. The lowest BCUT2D eigenvalue weighted by molar-refractivity contribution is -0.133. The molecule has 0 aromatic carbocycles. The van der Waals surface area contributed by atoms with Crippen LogP contribution in [-0.2, 0) is 22.1 Å². The first kappa shape index (κ1) is 16.1. The molecule has 0 unspecified atom stereocenters. The van der Waals surface area contributed by atoms with Gasteiger partial charge in [0.2, 0.25) is 5.91 Å². The van der Waals surface area contributed by atoms with Crippen LogP contribution in [0, 0.1) is 0 Å². The minimum atomic E-state index is 0.182. The van der Waals surface area contributed by atoms with Gasteiger partial charge in [-0.25, -0.2) is 0 Å². The molecule has 1 rings (SSSR count). The maximum absolute atomic E-state index is 11.3. The maximum Gasteiger partial charge on any atom is 0.224 e. The van der Waals surface area contributed by atoms with E-state index in [1.54, 1.807) is 4.90 Å². The Morgan fingerprint density at radius 1 is 1.00 bits per heavy atom. The molecule has 1 heterocycles. The number of hydrogen-bond donors (Lipinski definition) is 0. The van der Waals surface area contributed by atoms with Crippen molar-refractivity contribution in [3.63, 3.8) is 0 Å². The topological polar surface area (TPSA) is 57.2 Å². The first-order chi connectivity index (χ1) is 8.84. The zero-order chi connectivity index (χ0) is 13.1. The van der Waals surface area contributed by atoms with Gasteiger partial charge in [0.05, 0.1) is 39.6 Å². The highest BCUT2D eigenvalue weighted by atomic mass is 127. The predicted octanol–water partition coefficient (Wildman–Crippen LogP) is 0.983. The van der Waals surface area contributed by atoms with Gasteiger partial charge in [-0.3, -0.25) is 4.79 Å². The highest BCUT2D eigenvalue weighted by Gasteiger charge is 2.19. The van der Waals surface area contributed by atoms with Crippen LogP contribution in [0.2, 0.25) is 0 Å². The van der Waals surface area contributed by atoms with Crippen molar-refractivity contribution in [2.75, 3.05) is 52.9 Å². The Labute approximate surface area is 122 Å². The van der Waals surface area contributed by atoms with Crippen LogP contribution in [0.4, 0.5) is 0 Å². The van der Waals surface area contributed by atoms with Gasteiger partial charge in [-0.05, 0) is 6.42 Å². The third kappa shape index (κ3) is 7.47. The molecule has 7 heteroatoms. The fourth-order valence-electron chi connectivity index (χ4n) is 1.55. The quantitative estimate of drug-likeness (QED) is 0.399. The molecule has 106 valence electrons. The number of carbonyl (C=O) groups excluding carboxylic acids is 1. The first-order valence-electron chi connectivity index (χ1n) is 6.09. The van der Waals surface area contributed by atoms with E-state index in [0.717, 1.165) is 13.0 Å². The summed E-state index contributed by atoms with van der Waals surface area (Å²) in [4.78, 5) is 13.0. The minimum Gasteiger partial charge on any atom is -0.377 e. The van der Waals surface area contributed by atoms with E-state index in [-0.39, 0.29) is 5.91 Å². The number of likely N-dealkylation sites (tertiary alicyclic amines) is 1. The molecule has 0 atom stereocenters. The summed E-state index contributed by atoms with van der Waals surface area (Å²) in [7, 11) is 0. The lowest BCUT2D eigenvalue weighted by atomic mass is 10.4. The van der Waals surface area contributed by atoms with E-state index in [2.05, 4.69) is 0 Å². The average molecular weight is 373 g/mol. The van der Waals surface area contributed by atoms with Crippen molar-refractivity contribution in [3.8, 4) is 0 Å². The Kier molecular flexibility index (Phi) is 9.76. The summed E-state index contributed by atoms with van der Waals surface area (Å²) < 4.78 is 20.7. The van der Waals surface area contributed by atoms with Gasteiger partial charge in [-0.15, -0.1) is 0 Å². The molecular weight excluding hydrogens is 353 g/mol. The summed E-state index contributed by atoms with van der Waals surface area (Å²) >= 11 is 1.83. The molecule has 1 aliphatic rings. The Balaban J connectivity index is 1.77. The Morgan fingerprint density at radius 3 is 2.17 bits per heavy atom. The lowest BCUT2D eigenvalue weighted by Gasteiger charge is -2.15. The molecule has 1 saturated heterocycles. The van der Waals surface area contributed by atoms with E-state index in [1.807, 2.05) is 23.0 Å². The smallest absolute Gasteiger partial charge is 0.224 e. The predicted molar refractivity (Wildman–Crippen MR) is 73.4 cm³/mol. The fourth-order valence-corrected chi connectivity index (χ4v) is 1.73. The SMILES string of the molecule is O=C1CCCN1COCCOCCOCCOI. The molecule has 6 nitrogen and oxygen atoms in total. The Morgan fingerprint density at radius 2 is 1.61 bits per heavy atom. The van der Waals surface area contributed by atoms with Gasteiger partial charge >= 0.3 is 0 Å². The largest absolute Gasteiger partial charge is 0.377 e. The molecule has 0 spiro atoms. The number of hydrogen-bond acceptors (Lipinski definition) is 5. The van der Waals surface area contributed by atoms with Crippen molar-refractivity contribution in [2.45, 2.75) is 12.8 Å². The zero-order valence-electron chi connectivity index (χ0n) is 10.4. The maximum atomic E-state index is 11.3. The number of rotatable bonds is 11. The molecule has 1 aliphatic heterocycles. The Bertz CT molecular complexity index is 229. The number of carbonyl (C=O) groups is 1. The van der Waals surface area contributed by atoms with Crippen molar-refractivity contribution < 1.29 is 22.1 Å². The van der Waals surface area contributed by atoms with Crippen LogP contribution < -0.4 is 0 Å². The molecule has 0 N–H and O–H groups in total. The number of amides is 1. The van der Waals surface area contributed by atoms with Crippen LogP contribution in [-0.4, -0.2) is 63.7 Å². The van der Waals surface area contributed by atoms with E-state index in [4.69, 9.17) is 17.3 Å². The van der Waals surface area contributed by atoms with Crippen molar-refractivity contribution in [2.24, 2.45) is 0 Å². The first-order valence-corrected chi connectivity index (χ1v) is 6.97. The number of nitrogens with zero attached hydrogens (tertiary/aromatic N) is 1. The van der Waals surface area contributed by atoms with E-state index in [9.17, 15) is 4.79 Å². The van der Waals surface area contributed by atoms with Gasteiger partial charge in [0.1, 0.15) is 29.7 Å². The van der Waals surface area contributed by atoms with E-state index >= 15 is 0 Å². The molecule has 0 aliphatic carbocycles. The van der Waals surface area contributed by atoms with Gasteiger partial charge in [0.25, 0.3) is 0 Å². The standard InChI is InChI=1S/C11H20INO5/c12-18-9-8-16-5-4-15-6-7-17-10-13-3-1-2-11(13)14/h1-10H2. The molecule has 0 aromatic rings. The van der Waals surface area contributed by atoms with Crippen molar-refractivity contribution in [1.82, 2.24) is 4.90 Å². The van der Waals surface area contributed by atoms with Gasteiger partial charge < -0.3 is 22.2 Å². The number of halogens is 1. The van der Waals surface area contributed by atoms with Crippen molar-refractivity contribution >= 4 is 28.9 Å². The molecule has 0 saturated carbocycles. The number of ether oxygens (including phenoxy) is 3. The Hall–Kier alpha value is 0.0400. The average Bonchev–Trinajstić information content (AvgIpc) is 2.77. The molecule has 0 radical (unpaired) electrons. The summed E-state index contributed by atoms with van der Waals surface area (Å²) in [5.74, 6) is 0.182. The molecule has 1 amide bonds. The van der Waals surface area contributed by atoms with Crippen LogP contribution in [0.3, 0.4) is 0 Å². The molecule has 0 aromatic heterocycles. The normalized spacial score (nSPS) is 15.6. The zero-order valence-corrected chi connectivity index (χ0v) is 12.6. The van der Waals surface area contributed by atoms with E-state index in [1.165, 1.54) is 0 Å². The van der Waals surface area contributed by atoms with Crippen molar-refractivity contribution in [3.05, 3.63) is 0 Å². The highest BCUT2D eigenvalue weighted by molar-refractivity contribution is 14.1. The van der Waals surface area contributed by atoms with Crippen LogP contribution in [0.15, 0.2) is 0 Å². The summed E-state index contributed by atoms with van der Waals surface area (Å²) in [6, 6.07) is 0. The second kappa shape index (κ2) is 10.9. The van der Waals surface area contributed by atoms with Crippen molar-refractivity contribution in [1.29, 1.82) is 0 Å². The second-order valence-electron chi connectivity index (χ2n) is 3.84. The molecule has 0 bridgehead atoms. The van der Waals surface area contributed by atoms with Gasteiger partial charge in [-0.2, -0.15) is 0 Å². The lowest BCUT2D eigenvalue weighted by Crippen LogP contribution is -2.28. The van der Waals surface area contributed by atoms with E-state index < -0.39 is 0 Å². The molecular formula is C11H20INO5. The molecule has 1 fully saturated rings. The van der Waals surface area contributed by atoms with Gasteiger partial charge in [-0.1, -0.05) is 0 Å². The summed E-state index contributed by atoms with van der Waals surface area (Å²) in [6.45, 7) is 4.50. The third-order valence-electron chi connectivity index (χ3n) is 2.47. The van der Waals surface area contributed by atoms with Crippen LogP contribution in [0.1, 0.15) is 12.8 Å². The van der Waals surface area contributed by atoms with Crippen LogP contribution in [0.25, 0.3) is 0 Å². The summed E-state index contributed by atoms with van der Waals surface area (Å²) in [6.07, 6.45) is 1.59. The van der Waals surface area contributed by atoms with Gasteiger partial charge in [0.15, 0.2) is 0 Å². The van der Waals surface area contributed by atoms with Crippen LogP contribution >= 0.6 is 23.0 Å². The van der Waals surface area contributed by atoms with Gasteiger partial charge in [0, 0.05) is 13.0 Å². The molecule has 18 heavy (non-hydrogen) atoms. The van der Waals surface area contributed by atoms with E-state index in [0.29, 0.717) is 52.8 Å².